The first kappa shape index (κ1) is 15.5. The zero-order valence-corrected chi connectivity index (χ0v) is 12.3. The summed E-state index contributed by atoms with van der Waals surface area (Å²) in [6, 6.07) is 7.05. The molecule has 0 bridgehead atoms. The second-order valence-corrected chi connectivity index (χ2v) is 5.48. The highest BCUT2D eigenvalue weighted by Gasteiger charge is 2.07. The molecule has 0 aliphatic carbocycles. The van der Waals surface area contributed by atoms with Crippen molar-refractivity contribution in [2.75, 3.05) is 24.7 Å². The fourth-order valence-electron chi connectivity index (χ4n) is 1.66. The molecule has 0 atom stereocenters. The molecule has 0 aliphatic rings. The smallest absolute Gasteiger partial charge is 0.251 e. The number of amides is 1. The second-order valence-electron chi connectivity index (χ2n) is 4.26. The largest absolute Gasteiger partial charge is 0.396 e. The summed E-state index contributed by atoms with van der Waals surface area (Å²) in [5.74, 6) is 2.15. The molecule has 0 spiro atoms. The van der Waals surface area contributed by atoms with E-state index in [-0.39, 0.29) is 12.5 Å². The van der Waals surface area contributed by atoms with Gasteiger partial charge in [-0.1, -0.05) is 12.1 Å². The van der Waals surface area contributed by atoms with E-state index < -0.39 is 0 Å². The minimum Gasteiger partial charge on any atom is -0.396 e. The van der Waals surface area contributed by atoms with Crippen LogP contribution in [-0.2, 0) is 0 Å². The molecule has 0 unspecified atom stereocenters. The standard InChI is InChI=1S/C13H17N5O2S/c19-7-1-8-21-9-6-14-13(20)11-4-2-10(3-5-11)12-15-17-18-16-12/h2-5,19H,1,6-9H2,(H,14,20)(H,15,16,17,18). The number of carbonyl (C=O) groups is 1. The Bertz CT molecular complexity index is 544. The van der Waals surface area contributed by atoms with Crippen molar-refractivity contribution in [1.29, 1.82) is 0 Å². The molecule has 1 heterocycles. The van der Waals surface area contributed by atoms with Gasteiger partial charge in [0.05, 0.1) is 0 Å². The van der Waals surface area contributed by atoms with E-state index >= 15 is 0 Å². The Balaban J connectivity index is 1.78. The Morgan fingerprint density at radius 2 is 2.10 bits per heavy atom. The minimum atomic E-state index is -0.0996. The summed E-state index contributed by atoms with van der Waals surface area (Å²) in [5, 5.41) is 25.1. The van der Waals surface area contributed by atoms with E-state index in [1.54, 1.807) is 36.0 Å². The first-order valence-corrected chi connectivity index (χ1v) is 7.77. The highest BCUT2D eigenvalue weighted by atomic mass is 32.2. The number of benzene rings is 1. The molecular formula is C13H17N5O2S. The van der Waals surface area contributed by atoms with Crippen LogP contribution in [0, 0.1) is 0 Å². The highest BCUT2D eigenvalue weighted by Crippen LogP contribution is 2.13. The molecule has 0 radical (unpaired) electrons. The number of H-pyrrole nitrogens is 1. The van der Waals surface area contributed by atoms with E-state index in [4.69, 9.17) is 5.11 Å². The van der Waals surface area contributed by atoms with Crippen LogP contribution in [0.15, 0.2) is 24.3 Å². The summed E-state index contributed by atoms with van der Waals surface area (Å²) < 4.78 is 0. The van der Waals surface area contributed by atoms with Crippen molar-refractivity contribution in [3.8, 4) is 11.4 Å². The third-order valence-electron chi connectivity index (χ3n) is 2.73. The van der Waals surface area contributed by atoms with Crippen LogP contribution < -0.4 is 5.32 Å². The third kappa shape index (κ3) is 4.83. The van der Waals surface area contributed by atoms with Crippen LogP contribution in [0.5, 0.6) is 0 Å². The SMILES string of the molecule is O=C(NCCSCCCO)c1ccc(-c2nn[nH]n2)cc1. The fraction of sp³-hybridized carbons (Fsp3) is 0.385. The topological polar surface area (TPSA) is 104 Å². The van der Waals surface area contributed by atoms with Crippen LogP contribution in [0.3, 0.4) is 0 Å². The minimum absolute atomic E-state index is 0.0996. The molecule has 1 amide bonds. The molecule has 0 fully saturated rings. The van der Waals surface area contributed by atoms with Crippen molar-refractivity contribution in [1.82, 2.24) is 25.9 Å². The van der Waals surface area contributed by atoms with Crippen molar-refractivity contribution in [3.63, 3.8) is 0 Å². The van der Waals surface area contributed by atoms with Crippen molar-refractivity contribution in [2.24, 2.45) is 0 Å². The van der Waals surface area contributed by atoms with E-state index in [0.717, 1.165) is 23.5 Å². The summed E-state index contributed by atoms with van der Waals surface area (Å²) in [6.07, 6.45) is 0.788. The number of aliphatic hydroxyl groups is 1. The van der Waals surface area contributed by atoms with E-state index in [1.807, 2.05) is 0 Å². The summed E-state index contributed by atoms with van der Waals surface area (Å²) >= 11 is 1.71. The van der Waals surface area contributed by atoms with E-state index in [9.17, 15) is 4.79 Å². The molecule has 1 aromatic heterocycles. The quantitative estimate of drug-likeness (QED) is 0.621. The monoisotopic (exact) mass is 307 g/mol. The van der Waals surface area contributed by atoms with Gasteiger partial charge in [-0.05, 0) is 29.5 Å². The molecule has 0 saturated heterocycles. The number of tetrazole rings is 1. The van der Waals surface area contributed by atoms with Gasteiger partial charge < -0.3 is 10.4 Å². The maximum Gasteiger partial charge on any atom is 0.251 e. The Labute approximate surface area is 126 Å². The molecule has 112 valence electrons. The van der Waals surface area contributed by atoms with Gasteiger partial charge in [-0.2, -0.15) is 17.0 Å². The van der Waals surface area contributed by atoms with E-state index in [2.05, 4.69) is 25.9 Å². The molecule has 0 saturated carbocycles. The number of aromatic nitrogens is 4. The van der Waals surface area contributed by atoms with Crippen LogP contribution in [0.25, 0.3) is 11.4 Å². The van der Waals surface area contributed by atoms with Gasteiger partial charge in [-0.15, -0.1) is 10.2 Å². The van der Waals surface area contributed by atoms with Gasteiger partial charge in [-0.25, -0.2) is 0 Å². The number of nitrogens with zero attached hydrogens (tertiary/aromatic N) is 3. The van der Waals surface area contributed by atoms with Gasteiger partial charge in [0, 0.05) is 30.0 Å². The van der Waals surface area contributed by atoms with Crippen molar-refractivity contribution < 1.29 is 9.90 Å². The Hall–Kier alpha value is -1.93. The van der Waals surface area contributed by atoms with Crippen LogP contribution in [-0.4, -0.2) is 56.3 Å². The maximum atomic E-state index is 11.9. The Morgan fingerprint density at radius 1 is 1.29 bits per heavy atom. The Morgan fingerprint density at radius 3 is 2.76 bits per heavy atom. The summed E-state index contributed by atoms with van der Waals surface area (Å²) in [7, 11) is 0. The lowest BCUT2D eigenvalue weighted by Gasteiger charge is -2.05. The number of hydrogen-bond donors (Lipinski definition) is 3. The predicted molar refractivity (Wildman–Crippen MR) is 81.0 cm³/mol. The third-order valence-corrected chi connectivity index (χ3v) is 3.80. The maximum absolute atomic E-state index is 11.9. The van der Waals surface area contributed by atoms with Gasteiger partial charge in [0.15, 0.2) is 0 Å². The first-order valence-electron chi connectivity index (χ1n) is 6.62. The molecule has 3 N–H and O–H groups in total. The first-order chi connectivity index (χ1) is 10.3. The number of hydrogen-bond acceptors (Lipinski definition) is 6. The number of carbonyl (C=O) groups excluding carboxylic acids is 1. The van der Waals surface area contributed by atoms with E-state index in [1.165, 1.54) is 0 Å². The van der Waals surface area contributed by atoms with Gasteiger partial charge in [0.25, 0.3) is 5.91 Å². The predicted octanol–water partition coefficient (Wildman–Crippen LogP) is 0.712. The van der Waals surface area contributed by atoms with Gasteiger partial charge >= 0.3 is 0 Å². The van der Waals surface area contributed by atoms with Crippen LogP contribution in [0.4, 0.5) is 0 Å². The summed E-state index contributed by atoms with van der Waals surface area (Å²) in [4.78, 5) is 11.9. The second kappa shape index (κ2) is 8.38. The molecule has 7 nitrogen and oxygen atoms in total. The lowest BCUT2D eigenvalue weighted by Crippen LogP contribution is -2.25. The van der Waals surface area contributed by atoms with Crippen molar-refractivity contribution in [3.05, 3.63) is 29.8 Å². The van der Waals surface area contributed by atoms with Crippen LogP contribution in [0.1, 0.15) is 16.8 Å². The molecule has 21 heavy (non-hydrogen) atoms. The Kier molecular flexibility index (Phi) is 6.17. The number of aromatic amines is 1. The van der Waals surface area contributed by atoms with Crippen LogP contribution in [0.2, 0.25) is 0 Å². The number of thioether (sulfide) groups is 1. The number of aliphatic hydroxyl groups excluding tert-OH is 1. The fourth-order valence-corrected chi connectivity index (χ4v) is 2.45. The average molecular weight is 307 g/mol. The molecule has 2 rings (SSSR count). The molecule has 8 heteroatoms. The average Bonchev–Trinajstić information content (AvgIpc) is 3.05. The normalized spacial score (nSPS) is 10.5. The lowest BCUT2D eigenvalue weighted by atomic mass is 10.1. The lowest BCUT2D eigenvalue weighted by molar-refractivity contribution is 0.0956. The molecular weight excluding hydrogens is 290 g/mol. The zero-order chi connectivity index (χ0) is 14.9. The van der Waals surface area contributed by atoms with E-state index in [0.29, 0.717) is 17.9 Å². The van der Waals surface area contributed by atoms with Crippen molar-refractivity contribution >= 4 is 17.7 Å². The highest BCUT2D eigenvalue weighted by molar-refractivity contribution is 7.99. The van der Waals surface area contributed by atoms with Crippen molar-refractivity contribution in [2.45, 2.75) is 6.42 Å². The zero-order valence-electron chi connectivity index (χ0n) is 11.5. The van der Waals surface area contributed by atoms with Crippen LogP contribution >= 0.6 is 11.8 Å². The van der Waals surface area contributed by atoms with Gasteiger partial charge in [-0.3, -0.25) is 4.79 Å². The summed E-state index contributed by atoms with van der Waals surface area (Å²) in [5.41, 5.74) is 1.41. The summed E-state index contributed by atoms with van der Waals surface area (Å²) in [6.45, 7) is 0.827. The van der Waals surface area contributed by atoms with Gasteiger partial charge in [0.1, 0.15) is 0 Å². The number of rotatable bonds is 8. The molecule has 1 aromatic carbocycles. The van der Waals surface area contributed by atoms with Gasteiger partial charge in [0.2, 0.25) is 5.82 Å². The number of nitrogens with one attached hydrogen (secondary N) is 2. The molecule has 0 aliphatic heterocycles. The molecule has 2 aromatic rings.